The third-order valence-corrected chi connectivity index (χ3v) is 4.76. The van der Waals surface area contributed by atoms with E-state index in [1.165, 1.54) is 0 Å². The Kier molecular flexibility index (Phi) is 12.1. The van der Waals surface area contributed by atoms with Gasteiger partial charge in [-0.25, -0.2) is 9.98 Å². The van der Waals surface area contributed by atoms with Crippen LogP contribution in [0, 0.1) is 0 Å². The molecule has 33 heavy (non-hydrogen) atoms. The molecule has 1 fully saturated rings. The molecule has 2 aliphatic rings. The second-order valence-electron chi connectivity index (χ2n) is 7.01. The highest BCUT2D eigenvalue weighted by Gasteiger charge is 2.22. The third kappa shape index (κ3) is 7.82. The molecule has 1 saturated heterocycles. The van der Waals surface area contributed by atoms with Gasteiger partial charge in [0.2, 0.25) is 0 Å². The third-order valence-electron chi connectivity index (χ3n) is 4.76. The summed E-state index contributed by atoms with van der Waals surface area (Å²) in [5.41, 5.74) is 3.22. The Morgan fingerprint density at radius 1 is 1.15 bits per heavy atom. The zero-order valence-electron chi connectivity index (χ0n) is 21.7. The van der Waals surface area contributed by atoms with Gasteiger partial charge in [0.15, 0.2) is 11.7 Å². The molecule has 2 aliphatic heterocycles. The largest absolute Gasteiger partial charge is 0.378 e. The molecule has 0 saturated carbocycles. The minimum Gasteiger partial charge on any atom is -0.378 e. The van der Waals surface area contributed by atoms with Crippen molar-refractivity contribution in [2.75, 3.05) is 32.8 Å². The van der Waals surface area contributed by atoms with Crippen molar-refractivity contribution in [3.8, 4) is 0 Å². The van der Waals surface area contributed by atoms with Crippen molar-refractivity contribution in [2.45, 2.75) is 48.5 Å². The summed E-state index contributed by atoms with van der Waals surface area (Å²) >= 11 is 0. The minimum atomic E-state index is 0.541. The van der Waals surface area contributed by atoms with Crippen molar-refractivity contribution in [3.05, 3.63) is 48.5 Å². The van der Waals surface area contributed by atoms with Crippen LogP contribution in [-0.4, -0.2) is 70.0 Å². The molecule has 0 bridgehead atoms. The highest BCUT2D eigenvalue weighted by atomic mass is 16.5. The first-order valence-corrected chi connectivity index (χ1v) is 11.8. The molecule has 1 aromatic rings. The maximum absolute atomic E-state index is 5.48. The molecule has 8 heteroatoms. The molecule has 0 aromatic carbocycles. The van der Waals surface area contributed by atoms with Crippen molar-refractivity contribution in [2.24, 2.45) is 22.1 Å². The molecular formula is C25H41N7O. The number of amidine groups is 3. The number of hydrogen-bond donors (Lipinski definition) is 0. The monoisotopic (exact) mass is 455 g/mol. The van der Waals surface area contributed by atoms with E-state index in [2.05, 4.69) is 28.1 Å². The number of aliphatic imine (C=N–C) groups is 2. The quantitative estimate of drug-likeness (QED) is 0.615. The Bertz CT molecular complexity index is 915. The zero-order valence-corrected chi connectivity index (χ0v) is 21.7. The zero-order chi connectivity index (χ0) is 25.0. The van der Waals surface area contributed by atoms with Crippen LogP contribution in [0.15, 0.2) is 57.9 Å². The second-order valence-corrected chi connectivity index (χ2v) is 7.01. The van der Waals surface area contributed by atoms with Crippen molar-refractivity contribution in [1.29, 1.82) is 0 Å². The summed E-state index contributed by atoms with van der Waals surface area (Å²) in [7, 11) is 1.90. The lowest BCUT2D eigenvalue weighted by atomic mass is 10.1. The van der Waals surface area contributed by atoms with Gasteiger partial charge in [0, 0.05) is 38.5 Å². The summed E-state index contributed by atoms with van der Waals surface area (Å²) in [6.45, 7) is 25.8. The number of hydrazone groups is 1. The van der Waals surface area contributed by atoms with Crippen LogP contribution in [0.2, 0.25) is 0 Å². The average Bonchev–Trinajstić information content (AvgIpc) is 3.27. The smallest absolute Gasteiger partial charge is 0.181 e. The van der Waals surface area contributed by atoms with Crippen LogP contribution in [0.4, 0.5) is 0 Å². The van der Waals surface area contributed by atoms with Crippen molar-refractivity contribution in [1.82, 2.24) is 19.7 Å². The first kappa shape index (κ1) is 28.0. The Labute approximate surface area is 199 Å². The van der Waals surface area contributed by atoms with Crippen LogP contribution in [0.3, 0.4) is 0 Å². The molecular weight excluding hydrogens is 414 g/mol. The fourth-order valence-electron chi connectivity index (χ4n) is 3.17. The van der Waals surface area contributed by atoms with Gasteiger partial charge in [-0.1, -0.05) is 40.9 Å². The number of nitrogens with zero attached hydrogens (tertiary/aromatic N) is 7. The molecule has 0 spiro atoms. The summed E-state index contributed by atoms with van der Waals surface area (Å²) in [4.78, 5) is 11.6. The minimum absolute atomic E-state index is 0.541. The number of aromatic nitrogens is 2. The fraction of sp³-hybridized carbons (Fsp3) is 0.520. The second kappa shape index (κ2) is 14.2. The van der Waals surface area contributed by atoms with E-state index in [-0.39, 0.29) is 0 Å². The lowest BCUT2D eigenvalue weighted by Gasteiger charge is -2.31. The molecule has 3 rings (SSSR count). The maximum atomic E-state index is 5.48. The molecule has 182 valence electrons. The highest BCUT2D eigenvalue weighted by molar-refractivity contribution is 6.13. The number of allylic oxidation sites excluding steroid dienone is 1. The van der Waals surface area contributed by atoms with Crippen LogP contribution in [0.5, 0.6) is 0 Å². The van der Waals surface area contributed by atoms with E-state index in [4.69, 9.17) is 14.8 Å². The van der Waals surface area contributed by atoms with Gasteiger partial charge in [0.05, 0.1) is 18.9 Å². The maximum Gasteiger partial charge on any atom is 0.181 e. The first-order chi connectivity index (χ1) is 15.9. The van der Waals surface area contributed by atoms with Gasteiger partial charge in [-0.3, -0.25) is 9.69 Å². The Balaban J connectivity index is 0.00000129. The highest BCUT2D eigenvalue weighted by Crippen LogP contribution is 2.18. The molecule has 0 amide bonds. The van der Waals surface area contributed by atoms with Gasteiger partial charge in [-0.2, -0.15) is 10.2 Å². The first-order valence-electron chi connectivity index (χ1n) is 11.8. The van der Waals surface area contributed by atoms with E-state index >= 15 is 0 Å². The number of morpholine rings is 1. The van der Waals surface area contributed by atoms with Gasteiger partial charge in [0.1, 0.15) is 11.5 Å². The number of ether oxygens (including phenoxy) is 1. The molecule has 0 atom stereocenters. The normalized spacial score (nSPS) is 18.4. The van der Waals surface area contributed by atoms with E-state index in [1.54, 1.807) is 4.68 Å². The van der Waals surface area contributed by atoms with Crippen molar-refractivity contribution in [3.63, 3.8) is 0 Å². The van der Waals surface area contributed by atoms with Gasteiger partial charge in [-0.05, 0) is 38.5 Å². The Morgan fingerprint density at radius 3 is 2.33 bits per heavy atom. The molecule has 0 unspecified atom stereocenters. The SMILES string of the molecule is C=C1N=C(C)N(CC)/N=C(/C(=C)/C=C(\C)c2ccn(C)n2)N=C1N1CCOCC1.CC.CC. The van der Waals surface area contributed by atoms with E-state index < -0.39 is 0 Å². The Hall–Kier alpha value is -3.00. The average molecular weight is 456 g/mol. The van der Waals surface area contributed by atoms with Crippen LogP contribution in [-0.2, 0) is 11.8 Å². The Morgan fingerprint density at radius 2 is 1.79 bits per heavy atom. The topological polar surface area (TPSA) is 70.6 Å². The molecule has 0 aliphatic carbocycles. The van der Waals surface area contributed by atoms with Gasteiger partial charge < -0.3 is 9.64 Å². The molecule has 3 heterocycles. The molecule has 1 aromatic heterocycles. The van der Waals surface area contributed by atoms with Crippen molar-refractivity contribution >= 4 is 23.1 Å². The molecule has 0 radical (unpaired) electrons. The number of hydrogen-bond acceptors (Lipinski definition) is 7. The summed E-state index contributed by atoms with van der Waals surface area (Å²) in [5, 5.41) is 11.0. The number of rotatable bonds is 4. The fourth-order valence-corrected chi connectivity index (χ4v) is 3.17. The lowest BCUT2D eigenvalue weighted by molar-refractivity contribution is 0.0682. The van der Waals surface area contributed by atoms with E-state index in [1.807, 2.05) is 78.9 Å². The lowest BCUT2D eigenvalue weighted by Crippen LogP contribution is -2.42. The van der Waals surface area contributed by atoms with Gasteiger partial charge >= 0.3 is 0 Å². The predicted molar refractivity (Wildman–Crippen MR) is 141 cm³/mol. The number of aryl methyl sites for hydroxylation is 1. The van der Waals surface area contributed by atoms with Crippen molar-refractivity contribution < 1.29 is 4.74 Å². The molecule has 0 N–H and O–H groups in total. The summed E-state index contributed by atoms with van der Waals surface area (Å²) in [6.07, 6.45) is 3.88. The van der Waals surface area contributed by atoms with Crippen LogP contribution >= 0.6 is 0 Å². The van der Waals surface area contributed by atoms with E-state index in [0.717, 1.165) is 30.2 Å². The van der Waals surface area contributed by atoms with Gasteiger partial charge in [-0.15, -0.1) is 0 Å². The van der Waals surface area contributed by atoms with Crippen LogP contribution < -0.4 is 0 Å². The van der Waals surface area contributed by atoms with Gasteiger partial charge in [0.25, 0.3) is 0 Å². The van der Waals surface area contributed by atoms with Crippen LogP contribution in [0.25, 0.3) is 5.57 Å². The predicted octanol–water partition coefficient (Wildman–Crippen LogP) is 4.74. The van der Waals surface area contributed by atoms with Crippen LogP contribution in [0.1, 0.15) is 54.2 Å². The van der Waals surface area contributed by atoms with E-state index in [0.29, 0.717) is 42.7 Å². The summed E-state index contributed by atoms with van der Waals surface area (Å²) in [6, 6.07) is 1.97. The van der Waals surface area contributed by atoms with E-state index in [9.17, 15) is 0 Å². The molecule has 8 nitrogen and oxygen atoms in total. The standard InChI is InChI=1S/C21H29N7O.2C2H6/c1-7-28-18(5)22-17(4)21(27-10-12-29-13-11-27)23-20(25-28)16(3)14-15(2)19-8-9-26(6)24-19;2*1-2/h8-9,14H,3-4,7,10-13H2,1-2,5-6H3;2*1-2H3/b15-14+,22-18?,23-21?,25-20-;;. The summed E-state index contributed by atoms with van der Waals surface area (Å²) < 4.78 is 7.26. The summed E-state index contributed by atoms with van der Waals surface area (Å²) in [5.74, 6) is 2.03.